The average molecular weight is 211 g/mol. The van der Waals surface area contributed by atoms with Crippen LogP contribution in [0.2, 0.25) is 0 Å². The van der Waals surface area contributed by atoms with Crippen molar-refractivity contribution in [1.82, 2.24) is 5.32 Å². The van der Waals surface area contributed by atoms with E-state index in [0.29, 0.717) is 12.3 Å². The molecule has 0 bridgehead atoms. The molecular formula is C12H21NO2. The first-order valence-corrected chi connectivity index (χ1v) is 6.16. The Morgan fingerprint density at radius 2 is 1.93 bits per heavy atom. The van der Waals surface area contributed by atoms with Crippen molar-refractivity contribution in [3.63, 3.8) is 0 Å². The van der Waals surface area contributed by atoms with E-state index in [2.05, 4.69) is 5.32 Å². The number of carbonyl (C=O) groups excluding carboxylic acids is 1. The van der Waals surface area contributed by atoms with Crippen LogP contribution in [0.5, 0.6) is 0 Å². The summed E-state index contributed by atoms with van der Waals surface area (Å²) in [5.74, 6) is 0.747. The Kier molecular flexibility index (Phi) is 3.29. The lowest BCUT2D eigenvalue weighted by molar-refractivity contribution is -0.126. The first-order chi connectivity index (χ1) is 7.24. The van der Waals surface area contributed by atoms with Gasteiger partial charge in [0.2, 0.25) is 5.91 Å². The molecule has 0 aromatic rings. The van der Waals surface area contributed by atoms with Gasteiger partial charge in [-0.1, -0.05) is 12.8 Å². The highest BCUT2D eigenvalue weighted by molar-refractivity contribution is 5.77. The van der Waals surface area contributed by atoms with Crippen LogP contribution in [-0.4, -0.2) is 23.2 Å². The second-order valence-corrected chi connectivity index (χ2v) is 5.19. The van der Waals surface area contributed by atoms with Crippen LogP contribution in [0, 0.1) is 5.92 Å². The molecule has 0 aliphatic heterocycles. The summed E-state index contributed by atoms with van der Waals surface area (Å²) in [6, 6.07) is 0. The van der Waals surface area contributed by atoms with Gasteiger partial charge in [0, 0.05) is 6.42 Å². The minimum absolute atomic E-state index is 0.101. The lowest BCUT2D eigenvalue weighted by atomic mass is 9.77. The number of aliphatic hydroxyl groups is 1. The summed E-state index contributed by atoms with van der Waals surface area (Å²) < 4.78 is 0. The molecule has 15 heavy (non-hydrogen) atoms. The van der Waals surface area contributed by atoms with E-state index in [9.17, 15) is 9.90 Å². The zero-order valence-electron chi connectivity index (χ0n) is 9.30. The third-order valence-electron chi connectivity index (χ3n) is 3.97. The predicted octanol–water partition coefficient (Wildman–Crippen LogP) is 1.60. The van der Waals surface area contributed by atoms with Gasteiger partial charge in [0.05, 0.1) is 12.1 Å². The second-order valence-electron chi connectivity index (χ2n) is 5.19. The van der Waals surface area contributed by atoms with Gasteiger partial charge in [-0.2, -0.15) is 0 Å². The number of hydrogen-bond donors (Lipinski definition) is 2. The zero-order valence-corrected chi connectivity index (χ0v) is 9.30. The minimum atomic E-state index is -0.254. The molecule has 0 aromatic heterocycles. The van der Waals surface area contributed by atoms with Crippen LogP contribution in [0.1, 0.15) is 51.4 Å². The van der Waals surface area contributed by atoms with Crippen LogP contribution >= 0.6 is 0 Å². The second kappa shape index (κ2) is 4.52. The van der Waals surface area contributed by atoms with Crippen molar-refractivity contribution >= 4 is 5.91 Å². The van der Waals surface area contributed by atoms with Gasteiger partial charge >= 0.3 is 0 Å². The van der Waals surface area contributed by atoms with E-state index in [0.717, 1.165) is 19.3 Å². The maximum atomic E-state index is 11.7. The van der Waals surface area contributed by atoms with Gasteiger partial charge in [-0.3, -0.25) is 4.79 Å². The lowest BCUT2D eigenvalue weighted by Crippen LogP contribution is -2.56. The van der Waals surface area contributed by atoms with Gasteiger partial charge in [-0.15, -0.1) is 0 Å². The molecule has 2 rings (SSSR count). The molecular weight excluding hydrogens is 190 g/mol. The molecule has 0 aromatic carbocycles. The molecule has 86 valence electrons. The fourth-order valence-corrected chi connectivity index (χ4v) is 2.75. The average Bonchev–Trinajstić information content (AvgIpc) is 2.64. The summed E-state index contributed by atoms with van der Waals surface area (Å²) in [4.78, 5) is 11.7. The summed E-state index contributed by atoms with van der Waals surface area (Å²) in [6.07, 6.45) is 8.66. The Bertz CT molecular complexity index is 224. The maximum absolute atomic E-state index is 11.7. The summed E-state index contributed by atoms with van der Waals surface area (Å²) >= 11 is 0. The SMILES string of the molecule is O=C(CC1CCCC1)NC1(CO)CCC1. The van der Waals surface area contributed by atoms with Crippen LogP contribution < -0.4 is 5.32 Å². The molecule has 0 unspecified atom stereocenters. The van der Waals surface area contributed by atoms with Crippen LogP contribution in [0.15, 0.2) is 0 Å². The van der Waals surface area contributed by atoms with Crippen molar-refractivity contribution in [3.8, 4) is 0 Å². The smallest absolute Gasteiger partial charge is 0.220 e. The quantitative estimate of drug-likeness (QED) is 0.742. The Hall–Kier alpha value is -0.570. The Balaban J connectivity index is 1.76. The van der Waals surface area contributed by atoms with Crippen LogP contribution in [0.3, 0.4) is 0 Å². The zero-order chi connectivity index (χ0) is 10.7. The highest BCUT2D eigenvalue weighted by atomic mass is 16.3. The molecule has 1 amide bonds. The van der Waals surface area contributed by atoms with Gasteiger partial charge in [-0.05, 0) is 38.0 Å². The fourth-order valence-electron chi connectivity index (χ4n) is 2.75. The predicted molar refractivity (Wildman–Crippen MR) is 58.4 cm³/mol. The maximum Gasteiger partial charge on any atom is 0.220 e. The Labute approximate surface area is 91.2 Å². The van der Waals surface area contributed by atoms with Crippen molar-refractivity contribution < 1.29 is 9.90 Å². The van der Waals surface area contributed by atoms with E-state index in [-0.39, 0.29) is 18.1 Å². The summed E-state index contributed by atoms with van der Waals surface area (Å²) in [7, 11) is 0. The lowest BCUT2D eigenvalue weighted by Gasteiger charge is -2.41. The van der Waals surface area contributed by atoms with E-state index < -0.39 is 0 Å². The molecule has 3 nitrogen and oxygen atoms in total. The number of amides is 1. The summed E-state index contributed by atoms with van der Waals surface area (Å²) in [6.45, 7) is 0.101. The third kappa shape index (κ3) is 2.51. The van der Waals surface area contributed by atoms with Gasteiger partial charge in [0.1, 0.15) is 0 Å². The number of rotatable bonds is 4. The number of aliphatic hydroxyl groups excluding tert-OH is 1. The molecule has 2 N–H and O–H groups in total. The van der Waals surface area contributed by atoms with E-state index in [1.807, 2.05) is 0 Å². The van der Waals surface area contributed by atoms with Gasteiger partial charge in [-0.25, -0.2) is 0 Å². The summed E-state index contributed by atoms with van der Waals surface area (Å²) in [5, 5.41) is 12.2. The highest BCUT2D eigenvalue weighted by Gasteiger charge is 2.37. The standard InChI is InChI=1S/C12H21NO2/c14-9-12(6-3-7-12)13-11(15)8-10-4-1-2-5-10/h10,14H,1-9H2,(H,13,15). The van der Waals surface area contributed by atoms with Gasteiger partial charge in [0.25, 0.3) is 0 Å². The first kappa shape index (κ1) is 10.9. The Morgan fingerprint density at radius 3 is 2.40 bits per heavy atom. The largest absolute Gasteiger partial charge is 0.394 e. The number of hydrogen-bond acceptors (Lipinski definition) is 2. The molecule has 0 saturated heterocycles. The van der Waals surface area contributed by atoms with Crippen LogP contribution in [-0.2, 0) is 4.79 Å². The molecule has 2 fully saturated rings. The molecule has 2 saturated carbocycles. The van der Waals surface area contributed by atoms with E-state index >= 15 is 0 Å². The van der Waals surface area contributed by atoms with Crippen molar-refractivity contribution in [3.05, 3.63) is 0 Å². The monoisotopic (exact) mass is 211 g/mol. The molecule has 0 radical (unpaired) electrons. The van der Waals surface area contributed by atoms with Gasteiger partial charge in [0.15, 0.2) is 0 Å². The molecule has 2 aliphatic carbocycles. The van der Waals surface area contributed by atoms with Crippen LogP contribution in [0.25, 0.3) is 0 Å². The molecule has 3 heteroatoms. The van der Waals surface area contributed by atoms with E-state index in [1.165, 1.54) is 25.7 Å². The Morgan fingerprint density at radius 1 is 1.27 bits per heavy atom. The molecule has 0 atom stereocenters. The van der Waals surface area contributed by atoms with Crippen molar-refractivity contribution in [2.45, 2.75) is 56.9 Å². The summed E-state index contributed by atoms with van der Waals surface area (Å²) in [5.41, 5.74) is -0.254. The van der Waals surface area contributed by atoms with Crippen molar-refractivity contribution in [2.75, 3.05) is 6.61 Å². The highest BCUT2D eigenvalue weighted by Crippen LogP contribution is 2.32. The van der Waals surface area contributed by atoms with Crippen molar-refractivity contribution in [1.29, 1.82) is 0 Å². The minimum Gasteiger partial charge on any atom is -0.394 e. The normalized spacial score (nSPS) is 24.9. The van der Waals surface area contributed by atoms with Crippen LogP contribution in [0.4, 0.5) is 0 Å². The number of carbonyl (C=O) groups is 1. The number of nitrogens with one attached hydrogen (secondary N) is 1. The van der Waals surface area contributed by atoms with Gasteiger partial charge < -0.3 is 10.4 Å². The van der Waals surface area contributed by atoms with Crippen molar-refractivity contribution in [2.24, 2.45) is 5.92 Å². The van der Waals surface area contributed by atoms with E-state index in [1.54, 1.807) is 0 Å². The molecule has 0 spiro atoms. The van der Waals surface area contributed by atoms with E-state index in [4.69, 9.17) is 0 Å². The molecule has 0 heterocycles. The topological polar surface area (TPSA) is 49.3 Å². The first-order valence-electron chi connectivity index (χ1n) is 6.16. The molecule has 2 aliphatic rings. The third-order valence-corrected chi connectivity index (χ3v) is 3.97. The fraction of sp³-hybridized carbons (Fsp3) is 0.917.